The SMILES string of the molecule is NC(=O)c1nc(C(N)=O)c(-c2ccccc2)s1. The highest BCUT2D eigenvalue weighted by molar-refractivity contribution is 7.17. The highest BCUT2D eigenvalue weighted by Gasteiger charge is 2.19. The third kappa shape index (κ3) is 2.16. The molecule has 5 nitrogen and oxygen atoms in total. The zero-order chi connectivity index (χ0) is 12.4. The molecule has 0 saturated heterocycles. The first kappa shape index (κ1) is 11.3. The third-order valence-electron chi connectivity index (χ3n) is 2.11. The summed E-state index contributed by atoms with van der Waals surface area (Å²) in [5.74, 6) is -1.34. The summed E-state index contributed by atoms with van der Waals surface area (Å²) >= 11 is 1.06. The summed E-state index contributed by atoms with van der Waals surface area (Å²) in [6, 6.07) is 9.12. The molecule has 1 aromatic carbocycles. The Hall–Kier alpha value is -2.21. The number of benzene rings is 1. The van der Waals surface area contributed by atoms with Crippen LogP contribution in [0.4, 0.5) is 0 Å². The average molecular weight is 247 g/mol. The van der Waals surface area contributed by atoms with E-state index in [1.54, 1.807) is 0 Å². The van der Waals surface area contributed by atoms with Crippen molar-refractivity contribution in [1.29, 1.82) is 0 Å². The molecule has 86 valence electrons. The van der Waals surface area contributed by atoms with Crippen LogP contribution in [-0.4, -0.2) is 16.8 Å². The average Bonchev–Trinajstić information content (AvgIpc) is 2.75. The van der Waals surface area contributed by atoms with Gasteiger partial charge in [-0.15, -0.1) is 11.3 Å². The first-order chi connectivity index (χ1) is 8.09. The molecule has 1 aromatic heterocycles. The third-order valence-corrected chi connectivity index (χ3v) is 3.23. The highest BCUT2D eigenvalue weighted by Crippen LogP contribution is 2.29. The molecule has 0 unspecified atom stereocenters. The number of carbonyl (C=O) groups is 2. The van der Waals surface area contributed by atoms with Gasteiger partial charge in [0, 0.05) is 0 Å². The van der Waals surface area contributed by atoms with E-state index in [2.05, 4.69) is 4.98 Å². The maximum absolute atomic E-state index is 11.2. The predicted octanol–water partition coefficient (Wildman–Crippen LogP) is 1.01. The van der Waals surface area contributed by atoms with Crippen molar-refractivity contribution >= 4 is 23.2 Å². The van der Waals surface area contributed by atoms with Crippen molar-refractivity contribution in [3.05, 3.63) is 41.0 Å². The zero-order valence-electron chi connectivity index (χ0n) is 8.71. The van der Waals surface area contributed by atoms with Gasteiger partial charge in [0.15, 0.2) is 5.01 Å². The summed E-state index contributed by atoms with van der Waals surface area (Å²) in [7, 11) is 0. The summed E-state index contributed by atoms with van der Waals surface area (Å²) in [6.07, 6.45) is 0. The number of rotatable bonds is 3. The van der Waals surface area contributed by atoms with Gasteiger partial charge < -0.3 is 11.5 Å². The van der Waals surface area contributed by atoms with E-state index in [-0.39, 0.29) is 10.7 Å². The lowest BCUT2D eigenvalue weighted by molar-refractivity contribution is 0.0996. The van der Waals surface area contributed by atoms with Gasteiger partial charge in [-0.05, 0) is 5.56 Å². The largest absolute Gasteiger partial charge is 0.364 e. The van der Waals surface area contributed by atoms with Crippen LogP contribution in [0.15, 0.2) is 30.3 Å². The maximum atomic E-state index is 11.2. The van der Waals surface area contributed by atoms with Crippen molar-refractivity contribution in [3.8, 4) is 10.4 Å². The van der Waals surface area contributed by atoms with Crippen molar-refractivity contribution in [3.63, 3.8) is 0 Å². The summed E-state index contributed by atoms with van der Waals surface area (Å²) < 4.78 is 0. The molecule has 0 aliphatic carbocycles. The van der Waals surface area contributed by atoms with Crippen molar-refractivity contribution in [2.24, 2.45) is 11.5 Å². The molecule has 6 heteroatoms. The molecule has 1 heterocycles. The monoisotopic (exact) mass is 247 g/mol. The number of primary amides is 2. The first-order valence-corrected chi connectivity index (χ1v) is 5.57. The van der Waals surface area contributed by atoms with Gasteiger partial charge in [-0.3, -0.25) is 9.59 Å². The second kappa shape index (κ2) is 4.34. The van der Waals surface area contributed by atoms with Gasteiger partial charge in [-0.1, -0.05) is 30.3 Å². The fourth-order valence-electron chi connectivity index (χ4n) is 1.38. The lowest BCUT2D eigenvalue weighted by Crippen LogP contribution is -2.15. The summed E-state index contributed by atoms with van der Waals surface area (Å²) in [5.41, 5.74) is 11.2. The molecule has 17 heavy (non-hydrogen) atoms. The van der Waals surface area contributed by atoms with Crippen LogP contribution in [-0.2, 0) is 0 Å². The van der Waals surface area contributed by atoms with E-state index >= 15 is 0 Å². The van der Waals surface area contributed by atoms with E-state index in [4.69, 9.17) is 11.5 Å². The predicted molar refractivity (Wildman–Crippen MR) is 64.6 cm³/mol. The molecule has 0 saturated carbocycles. The van der Waals surface area contributed by atoms with Crippen molar-refractivity contribution in [1.82, 2.24) is 4.98 Å². The van der Waals surface area contributed by atoms with Crippen LogP contribution in [0.1, 0.15) is 20.3 Å². The number of nitrogens with two attached hydrogens (primary N) is 2. The van der Waals surface area contributed by atoms with E-state index in [0.717, 1.165) is 16.9 Å². The van der Waals surface area contributed by atoms with E-state index in [9.17, 15) is 9.59 Å². The zero-order valence-corrected chi connectivity index (χ0v) is 9.53. The van der Waals surface area contributed by atoms with Gasteiger partial charge in [0.05, 0.1) is 4.88 Å². The Balaban J connectivity index is 2.60. The molecule has 0 atom stereocenters. The summed E-state index contributed by atoms with van der Waals surface area (Å²) in [5, 5.41) is 0.0812. The van der Waals surface area contributed by atoms with Crippen LogP contribution >= 0.6 is 11.3 Å². The Morgan fingerprint density at radius 1 is 1.06 bits per heavy atom. The number of nitrogens with zero attached hydrogens (tertiary/aromatic N) is 1. The van der Waals surface area contributed by atoms with Crippen LogP contribution in [0.25, 0.3) is 10.4 Å². The van der Waals surface area contributed by atoms with Gasteiger partial charge in [0.1, 0.15) is 5.69 Å². The number of carbonyl (C=O) groups excluding carboxylic acids is 2. The van der Waals surface area contributed by atoms with Gasteiger partial charge in [0.25, 0.3) is 11.8 Å². The molecular weight excluding hydrogens is 238 g/mol. The minimum atomic E-state index is -0.674. The van der Waals surface area contributed by atoms with Crippen LogP contribution < -0.4 is 11.5 Å². The molecule has 2 rings (SSSR count). The Morgan fingerprint density at radius 2 is 1.71 bits per heavy atom. The van der Waals surface area contributed by atoms with Crippen molar-refractivity contribution < 1.29 is 9.59 Å². The number of hydrogen-bond donors (Lipinski definition) is 2. The van der Waals surface area contributed by atoms with Gasteiger partial charge in [-0.2, -0.15) is 0 Å². The molecule has 0 aliphatic rings. The van der Waals surface area contributed by atoms with Gasteiger partial charge in [0.2, 0.25) is 0 Å². The molecule has 0 bridgehead atoms. The highest BCUT2D eigenvalue weighted by atomic mass is 32.1. The lowest BCUT2D eigenvalue weighted by atomic mass is 10.1. The minimum Gasteiger partial charge on any atom is -0.364 e. The quantitative estimate of drug-likeness (QED) is 0.846. The number of aromatic nitrogens is 1. The molecule has 0 radical (unpaired) electrons. The van der Waals surface area contributed by atoms with Crippen LogP contribution in [0.5, 0.6) is 0 Å². The first-order valence-electron chi connectivity index (χ1n) is 4.75. The second-order valence-electron chi connectivity index (χ2n) is 3.29. The van der Waals surface area contributed by atoms with E-state index in [1.807, 2.05) is 30.3 Å². The van der Waals surface area contributed by atoms with Crippen LogP contribution in [0.3, 0.4) is 0 Å². The van der Waals surface area contributed by atoms with E-state index in [1.165, 1.54) is 0 Å². The molecule has 2 amide bonds. The molecule has 0 fully saturated rings. The number of thiazole rings is 1. The Kier molecular flexibility index (Phi) is 2.88. The number of hydrogen-bond acceptors (Lipinski definition) is 4. The maximum Gasteiger partial charge on any atom is 0.277 e. The smallest absolute Gasteiger partial charge is 0.277 e. The van der Waals surface area contributed by atoms with Crippen LogP contribution in [0.2, 0.25) is 0 Å². The van der Waals surface area contributed by atoms with Gasteiger partial charge in [-0.25, -0.2) is 4.98 Å². The van der Waals surface area contributed by atoms with Crippen molar-refractivity contribution in [2.75, 3.05) is 0 Å². The second-order valence-corrected chi connectivity index (χ2v) is 4.29. The fourth-order valence-corrected chi connectivity index (χ4v) is 2.31. The summed E-state index contributed by atoms with van der Waals surface area (Å²) in [4.78, 5) is 26.7. The molecule has 4 N–H and O–H groups in total. The molecule has 0 spiro atoms. The van der Waals surface area contributed by atoms with E-state index in [0.29, 0.717) is 4.88 Å². The Labute approximate surface area is 101 Å². The van der Waals surface area contributed by atoms with Crippen LogP contribution in [0, 0.1) is 0 Å². The number of amides is 2. The fraction of sp³-hybridized carbons (Fsp3) is 0. The molecular formula is C11H9N3O2S. The molecule has 2 aromatic rings. The Bertz CT molecular complexity index is 578. The molecule has 0 aliphatic heterocycles. The lowest BCUT2D eigenvalue weighted by Gasteiger charge is -1.97. The topological polar surface area (TPSA) is 99.1 Å². The minimum absolute atomic E-state index is 0.0787. The standard InChI is InChI=1S/C11H9N3O2S/c12-9(15)7-8(6-4-2-1-3-5-6)17-11(14-7)10(13)16/h1-5H,(H2,12,15)(H2,13,16). The summed E-state index contributed by atoms with van der Waals surface area (Å²) in [6.45, 7) is 0. The Morgan fingerprint density at radius 3 is 2.24 bits per heavy atom. The van der Waals surface area contributed by atoms with Crippen molar-refractivity contribution in [2.45, 2.75) is 0 Å². The normalized spacial score (nSPS) is 10.1. The van der Waals surface area contributed by atoms with Gasteiger partial charge >= 0.3 is 0 Å². The van der Waals surface area contributed by atoms with E-state index < -0.39 is 11.8 Å².